The number of methoxy groups -OCH3 is 1. The highest BCUT2D eigenvalue weighted by atomic mass is 32.1. The summed E-state index contributed by atoms with van der Waals surface area (Å²) in [6.07, 6.45) is 1.72. The van der Waals surface area contributed by atoms with Crippen LogP contribution in [0.25, 0.3) is 6.08 Å². The van der Waals surface area contributed by atoms with Crippen LogP contribution in [-0.2, 0) is 14.3 Å². The number of aromatic nitrogens is 1. The van der Waals surface area contributed by atoms with Crippen LogP contribution in [0.2, 0.25) is 0 Å². The van der Waals surface area contributed by atoms with E-state index < -0.39 is 17.9 Å². The summed E-state index contributed by atoms with van der Waals surface area (Å²) in [5.41, 5.74) is 7.17. The van der Waals surface area contributed by atoms with Gasteiger partial charge < -0.3 is 19.9 Å². The number of nitrogens with two attached hydrogens (primary N) is 1. The summed E-state index contributed by atoms with van der Waals surface area (Å²) in [7, 11) is 1.48. The number of amides is 1. The molecule has 9 nitrogen and oxygen atoms in total. The van der Waals surface area contributed by atoms with E-state index in [1.807, 2.05) is 30.3 Å². The van der Waals surface area contributed by atoms with Crippen molar-refractivity contribution in [2.75, 3.05) is 20.3 Å². The van der Waals surface area contributed by atoms with Crippen molar-refractivity contribution in [3.63, 3.8) is 0 Å². The molecule has 2 N–H and O–H groups in total. The number of esters is 1. The summed E-state index contributed by atoms with van der Waals surface area (Å²) in [6, 6.07) is 13.7. The summed E-state index contributed by atoms with van der Waals surface area (Å²) in [5.74, 6) is -0.361. The van der Waals surface area contributed by atoms with E-state index >= 15 is 0 Å². The average Bonchev–Trinajstić information content (AvgIpc) is 3.16. The fraction of sp³-hybridized carbons (Fsp3) is 0.231. The number of hydrogen-bond donors (Lipinski definition) is 1. The number of thiazole rings is 1. The first kappa shape index (κ1) is 24.9. The van der Waals surface area contributed by atoms with Gasteiger partial charge in [-0.15, -0.1) is 0 Å². The maximum absolute atomic E-state index is 13.6. The molecule has 2 heterocycles. The second kappa shape index (κ2) is 10.6. The third kappa shape index (κ3) is 4.94. The molecule has 2 aromatic carbocycles. The minimum atomic E-state index is -0.664. The molecule has 0 bridgehead atoms. The Balaban J connectivity index is 1.84. The monoisotopic (exact) mass is 507 g/mol. The first-order valence-corrected chi connectivity index (χ1v) is 12.0. The summed E-state index contributed by atoms with van der Waals surface area (Å²) in [6.45, 7) is 3.41. The van der Waals surface area contributed by atoms with E-state index in [0.717, 1.165) is 5.56 Å². The Kier molecular flexibility index (Phi) is 7.35. The maximum atomic E-state index is 13.6. The number of allylic oxidation sites excluding steroid dienone is 1. The predicted octanol–water partition coefficient (Wildman–Crippen LogP) is 1.67. The van der Waals surface area contributed by atoms with Gasteiger partial charge in [-0.2, -0.15) is 0 Å². The molecule has 0 spiro atoms. The van der Waals surface area contributed by atoms with Crippen LogP contribution in [0.4, 0.5) is 0 Å². The lowest BCUT2D eigenvalue weighted by molar-refractivity contribution is -0.139. The van der Waals surface area contributed by atoms with Crippen molar-refractivity contribution >= 4 is 29.3 Å². The van der Waals surface area contributed by atoms with Crippen LogP contribution in [-0.4, -0.2) is 36.8 Å². The minimum absolute atomic E-state index is 0.211. The highest BCUT2D eigenvalue weighted by Gasteiger charge is 2.33. The van der Waals surface area contributed by atoms with Gasteiger partial charge in [-0.3, -0.25) is 14.2 Å². The molecule has 1 aliphatic rings. The molecule has 0 radical (unpaired) electrons. The fourth-order valence-electron chi connectivity index (χ4n) is 3.94. The molecule has 4 rings (SSSR count). The molecule has 3 aromatic rings. The number of rotatable bonds is 8. The third-order valence-electron chi connectivity index (χ3n) is 5.49. The standard InChI is InChI=1S/C26H25N3O6S/c1-4-34-25(32)22-15(2)28-26-29(23(22)17-8-6-5-7-9-17)24(31)20(36-26)13-16-10-11-18(19(12-16)33-3)35-14-21(27)30/h5-13,23H,4,14H2,1-3H3,(H2,27,30)/b20-13+/t23-/m0/s1. The van der Waals surface area contributed by atoms with E-state index in [4.69, 9.17) is 19.9 Å². The Morgan fingerprint density at radius 2 is 1.92 bits per heavy atom. The molecule has 36 heavy (non-hydrogen) atoms. The molecular weight excluding hydrogens is 482 g/mol. The molecular formula is C26H25N3O6S. The first-order valence-electron chi connectivity index (χ1n) is 11.2. The SMILES string of the molecule is CCOC(=O)C1=C(C)N=c2s/c(=C/c3ccc(OCC(N)=O)c(OC)c3)c(=O)n2[C@H]1c1ccccc1. The molecule has 10 heteroatoms. The largest absolute Gasteiger partial charge is 0.493 e. The van der Waals surface area contributed by atoms with Gasteiger partial charge in [0.2, 0.25) is 0 Å². The zero-order valence-corrected chi connectivity index (χ0v) is 20.8. The molecule has 0 saturated carbocycles. The second-order valence-electron chi connectivity index (χ2n) is 7.88. The summed E-state index contributed by atoms with van der Waals surface area (Å²) in [4.78, 5) is 42.6. The van der Waals surface area contributed by atoms with Gasteiger partial charge in [0.15, 0.2) is 22.9 Å². The highest BCUT2D eigenvalue weighted by Crippen LogP contribution is 2.31. The number of hydrogen-bond acceptors (Lipinski definition) is 8. The Morgan fingerprint density at radius 1 is 1.17 bits per heavy atom. The normalized spacial score (nSPS) is 15.2. The van der Waals surface area contributed by atoms with Gasteiger partial charge in [0.25, 0.3) is 11.5 Å². The summed E-state index contributed by atoms with van der Waals surface area (Å²) >= 11 is 1.23. The molecule has 0 aliphatic carbocycles. The van der Waals surface area contributed by atoms with Crippen molar-refractivity contribution < 1.29 is 23.8 Å². The molecule has 1 aromatic heterocycles. The average molecular weight is 508 g/mol. The van der Waals surface area contributed by atoms with Crippen LogP contribution in [0.1, 0.15) is 31.0 Å². The molecule has 1 atom stereocenters. The van der Waals surface area contributed by atoms with Crippen molar-refractivity contribution in [2.45, 2.75) is 19.9 Å². The zero-order valence-electron chi connectivity index (χ0n) is 20.0. The van der Waals surface area contributed by atoms with Gasteiger partial charge in [-0.25, -0.2) is 9.79 Å². The first-order chi connectivity index (χ1) is 17.3. The van der Waals surface area contributed by atoms with Gasteiger partial charge in [-0.1, -0.05) is 47.7 Å². The maximum Gasteiger partial charge on any atom is 0.338 e. The van der Waals surface area contributed by atoms with Crippen molar-refractivity contribution in [3.05, 3.63) is 90.6 Å². The van der Waals surface area contributed by atoms with E-state index in [1.54, 1.807) is 38.1 Å². The molecule has 0 unspecified atom stereocenters. The fourth-order valence-corrected chi connectivity index (χ4v) is 4.98. The highest BCUT2D eigenvalue weighted by molar-refractivity contribution is 7.07. The smallest absolute Gasteiger partial charge is 0.338 e. The van der Waals surface area contributed by atoms with E-state index in [1.165, 1.54) is 23.0 Å². The van der Waals surface area contributed by atoms with Gasteiger partial charge >= 0.3 is 5.97 Å². The molecule has 186 valence electrons. The number of nitrogens with zero attached hydrogens (tertiary/aromatic N) is 2. The third-order valence-corrected chi connectivity index (χ3v) is 6.47. The number of carbonyl (C=O) groups is 2. The van der Waals surface area contributed by atoms with Crippen LogP contribution in [0.3, 0.4) is 0 Å². The van der Waals surface area contributed by atoms with Crippen LogP contribution in [0.5, 0.6) is 11.5 Å². The Hall–Kier alpha value is -4.18. The lowest BCUT2D eigenvalue weighted by atomic mass is 9.96. The van der Waals surface area contributed by atoms with E-state index in [-0.39, 0.29) is 18.8 Å². The lowest BCUT2D eigenvalue weighted by Gasteiger charge is -2.24. The summed E-state index contributed by atoms with van der Waals surface area (Å²) in [5, 5.41) is 0. The molecule has 1 amide bonds. The molecule has 0 saturated heterocycles. The number of carbonyl (C=O) groups excluding carboxylic acids is 2. The van der Waals surface area contributed by atoms with Crippen LogP contribution in [0, 0.1) is 0 Å². The van der Waals surface area contributed by atoms with Gasteiger partial charge in [0, 0.05) is 0 Å². The summed E-state index contributed by atoms with van der Waals surface area (Å²) < 4.78 is 18.0. The number of primary amides is 1. The van der Waals surface area contributed by atoms with Crippen molar-refractivity contribution in [1.29, 1.82) is 0 Å². The Morgan fingerprint density at radius 3 is 2.58 bits per heavy atom. The van der Waals surface area contributed by atoms with Crippen molar-refractivity contribution in [3.8, 4) is 11.5 Å². The van der Waals surface area contributed by atoms with Crippen LogP contribution >= 0.6 is 11.3 Å². The Bertz CT molecular complexity index is 1520. The quantitative estimate of drug-likeness (QED) is 0.463. The molecule has 1 aliphatic heterocycles. The number of fused-ring (bicyclic) bond motifs is 1. The van der Waals surface area contributed by atoms with Gasteiger partial charge in [-0.05, 0) is 43.2 Å². The Labute approximate surface area is 210 Å². The minimum Gasteiger partial charge on any atom is -0.493 e. The van der Waals surface area contributed by atoms with Gasteiger partial charge in [0.05, 0.1) is 35.6 Å². The van der Waals surface area contributed by atoms with Crippen molar-refractivity contribution in [1.82, 2.24) is 4.57 Å². The number of benzene rings is 2. The topological polar surface area (TPSA) is 122 Å². The molecule has 0 fully saturated rings. The van der Waals surface area contributed by atoms with Crippen molar-refractivity contribution in [2.24, 2.45) is 10.7 Å². The second-order valence-corrected chi connectivity index (χ2v) is 8.89. The lowest BCUT2D eigenvalue weighted by Crippen LogP contribution is -2.39. The predicted molar refractivity (Wildman–Crippen MR) is 135 cm³/mol. The zero-order chi connectivity index (χ0) is 25.8. The van der Waals surface area contributed by atoms with E-state index in [2.05, 4.69) is 4.99 Å². The van der Waals surface area contributed by atoms with Crippen LogP contribution < -0.4 is 30.1 Å². The van der Waals surface area contributed by atoms with Crippen LogP contribution in [0.15, 0.2) is 69.6 Å². The van der Waals surface area contributed by atoms with E-state index in [9.17, 15) is 14.4 Å². The van der Waals surface area contributed by atoms with E-state index in [0.29, 0.717) is 37.7 Å². The van der Waals surface area contributed by atoms with Gasteiger partial charge in [0.1, 0.15) is 0 Å². The number of ether oxygens (including phenoxy) is 3.